The number of nitrogens with zero attached hydrogens (tertiary/aromatic N) is 1. The number of hydrogen-bond donors (Lipinski definition) is 2. The molecule has 3 nitrogen and oxygen atoms in total. The maximum Gasteiger partial charge on any atom is 0.191 e. The summed E-state index contributed by atoms with van der Waals surface area (Å²) < 4.78 is 0. The number of benzene rings is 1. The summed E-state index contributed by atoms with van der Waals surface area (Å²) in [7, 11) is 1.77. The Hall–Kier alpha value is -0.140. The molecule has 0 saturated heterocycles. The van der Waals surface area contributed by atoms with Crippen molar-refractivity contribution in [3.8, 4) is 0 Å². The number of nitrogens with one attached hydrogen (secondary N) is 2. The van der Waals surface area contributed by atoms with Crippen molar-refractivity contribution in [3.63, 3.8) is 0 Å². The van der Waals surface area contributed by atoms with Gasteiger partial charge in [-0.25, -0.2) is 0 Å². The quantitative estimate of drug-likeness (QED) is 0.346. The van der Waals surface area contributed by atoms with E-state index in [-0.39, 0.29) is 24.0 Å². The fourth-order valence-corrected chi connectivity index (χ4v) is 1.84. The number of guanidine groups is 1. The van der Waals surface area contributed by atoms with Crippen molar-refractivity contribution in [1.29, 1.82) is 0 Å². The van der Waals surface area contributed by atoms with Crippen molar-refractivity contribution >= 4 is 53.3 Å². The molecule has 0 bridgehead atoms. The summed E-state index contributed by atoms with van der Waals surface area (Å²) >= 11 is 7.73. The second kappa shape index (κ2) is 10.8. The van der Waals surface area contributed by atoms with E-state index in [1.165, 1.54) is 0 Å². The largest absolute Gasteiger partial charge is 0.356 e. The minimum Gasteiger partial charge on any atom is -0.356 e. The van der Waals surface area contributed by atoms with Crippen molar-refractivity contribution in [2.24, 2.45) is 4.99 Å². The minimum atomic E-state index is 0. The lowest BCUT2D eigenvalue weighted by Crippen LogP contribution is -2.37. The van der Waals surface area contributed by atoms with Gasteiger partial charge >= 0.3 is 0 Å². The molecule has 0 radical (unpaired) electrons. The third kappa shape index (κ3) is 7.33. The van der Waals surface area contributed by atoms with Gasteiger partial charge in [0.2, 0.25) is 0 Å². The Kier molecular flexibility index (Phi) is 10.7. The Morgan fingerprint density at radius 3 is 2.78 bits per heavy atom. The van der Waals surface area contributed by atoms with E-state index in [0.717, 1.165) is 35.4 Å². The van der Waals surface area contributed by atoms with Crippen molar-refractivity contribution in [1.82, 2.24) is 10.6 Å². The Morgan fingerprint density at radius 1 is 1.39 bits per heavy atom. The van der Waals surface area contributed by atoms with E-state index in [4.69, 9.17) is 11.6 Å². The average Bonchev–Trinajstić information content (AvgIpc) is 2.34. The summed E-state index contributed by atoms with van der Waals surface area (Å²) in [5.74, 6) is 1.89. The van der Waals surface area contributed by atoms with Crippen molar-refractivity contribution in [2.45, 2.75) is 6.54 Å². The summed E-state index contributed by atoms with van der Waals surface area (Å²) in [6.45, 7) is 1.63. The second-order valence-electron chi connectivity index (χ2n) is 3.48. The predicted octanol–water partition coefficient (Wildman–Crippen LogP) is 2.99. The van der Waals surface area contributed by atoms with Crippen LogP contribution in [-0.4, -0.2) is 31.6 Å². The molecular weight excluding hydrogens is 381 g/mol. The molecule has 0 fully saturated rings. The summed E-state index contributed by atoms with van der Waals surface area (Å²) in [5, 5.41) is 7.24. The SMILES string of the molecule is CN=C(NCCSC)NCc1cccc(Cl)c1.I. The highest BCUT2D eigenvalue weighted by atomic mass is 127. The van der Waals surface area contributed by atoms with Gasteiger partial charge in [0, 0.05) is 30.9 Å². The van der Waals surface area contributed by atoms with E-state index in [1.54, 1.807) is 7.05 Å². The Bertz CT molecular complexity index is 374. The molecule has 0 aliphatic heterocycles. The molecule has 1 aromatic rings. The third-order valence-corrected chi connectivity index (χ3v) is 3.02. The summed E-state index contributed by atoms with van der Waals surface area (Å²) in [5.41, 5.74) is 1.14. The van der Waals surface area contributed by atoms with Gasteiger partial charge in [-0.2, -0.15) is 11.8 Å². The molecule has 0 amide bonds. The fraction of sp³-hybridized carbons (Fsp3) is 0.417. The fourth-order valence-electron chi connectivity index (χ4n) is 1.32. The van der Waals surface area contributed by atoms with Gasteiger partial charge in [-0.05, 0) is 24.0 Å². The van der Waals surface area contributed by atoms with E-state index in [9.17, 15) is 0 Å². The normalized spacial score (nSPS) is 10.7. The molecule has 0 aromatic heterocycles. The molecule has 1 aromatic carbocycles. The summed E-state index contributed by atoms with van der Waals surface area (Å²) in [6, 6.07) is 7.80. The standard InChI is InChI=1S/C12H18ClN3S.HI/c1-14-12(15-6-7-17-2)16-9-10-4-3-5-11(13)8-10;/h3-5,8H,6-7,9H2,1-2H3,(H2,14,15,16);1H. The Balaban J connectivity index is 0.00000289. The van der Waals surface area contributed by atoms with Crippen LogP contribution in [0.5, 0.6) is 0 Å². The highest BCUT2D eigenvalue weighted by Gasteiger charge is 1.98. The van der Waals surface area contributed by atoms with Crippen LogP contribution in [0, 0.1) is 0 Å². The molecule has 102 valence electrons. The van der Waals surface area contributed by atoms with Crippen LogP contribution in [0.1, 0.15) is 5.56 Å². The van der Waals surface area contributed by atoms with Gasteiger partial charge in [0.1, 0.15) is 0 Å². The van der Waals surface area contributed by atoms with E-state index >= 15 is 0 Å². The molecule has 18 heavy (non-hydrogen) atoms. The number of aliphatic imine (C=N–C) groups is 1. The van der Waals surface area contributed by atoms with Crippen LogP contribution in [0.3, 0.4) is 0 Å². The maximum absolute atomic E-state index is 5.92. The summed E-state index contributed by atoms with van der Waals surface area (Å²) in [4.78, 5) is 4.15. The van der Waals surface area contributed by atoms with Crippen LogP contribution in [0.4, 0.5) is 0 Å². The van der Waals surface area contributed by atoms with Crippen molar-refractivity contribution in [2.75, 3.05) is 25.6 Å². The summed E-state index contributed by atoms with van der Waals surface area (Å²) in [6.07, 6.45) is 2.09. The van der Waals surface area contributed by atoms with Gasteiger partial charge in [-0.3, -0.25) is 4.99 Å². The van der Waals surface area contributed by atoms with E-state index < -0.39 is 0 Å². The first-order valence-corrected chi connectivity index (χ1v) is 7.21. The number of thioether (sulfide) groups is 1. The number of halogens is 2. The first kappa shape index (κ1) is 17.9. The van der Waals surface area contributed by atoms with Gasteiger partial charge in [-0.15, -0.1) is 24.0 Å². The Morgan fingerprint density at radius 2 is 2.17 bits per heavy atom. The van der Waals surface area contributed by atoms with E-state index in [0.29, 0.717) is 0 Å². The van der Waals surface area contributed by atoms with Gasteiger partial charge in [0.25, 0.3) is 0 Å². The molecule has 0 heterocycles. The van der Waals surface area contributed by atoms with Gasteiger partial charge < -0.3 is 10.6 Å². The van der Waals surface area contributed by atoms with Crippen molar-refractivity contribution < 1.29 is 0 Å². The van der Waals surface area contributed by atoms with Gasteiger partial charge in [0.05, 0.1) is 0 Å². The van der Waals surface area contributed by atoms with Crippen LogP contribution in [0.15, 0.2) is 29.3 Å². The number of hydrogen-bond acceptors (Lipinski definition) is 2. The highest BCUT2D eigenvalue weighted by molar-refractivity contribution is 14.0. The zero-order valence-corrected chi connectivity index (χ0v) is 14.5. The number of rotatable bonds is 5. The molecule has 0 spiro atoms. The van der Waals surface area contributed by atoms with Gasteiger partial charge in [-0.1, -0.05) is 23.7 Å². The molecule has 0 aliphatic rings. The molecule has 0 atom stereocenters. The topological polar surface area (TPSA) is 36.4 Å². The first-order valence-electron chi connectivity index (χ1n) is 5.44. The predicted molar refractivity (Wildman–Crippen MR) is 93.5 cm³/mol. The van der Waals surface area contributed by atoms with Crippen LogP contribution in [0.2, 0.25) is 5.02 Å². The highest BCUT2D eigenvalue weighted by Crippen LogP contribution is 2.10. The molecule has 0 saturated carbocycles. The van der Waals surface area contributed by atoms with Crippen LogP contribution >= 0.6 is 47.3 Å². The molecule has 6 heteroatoms. The molecular formula is C12H19ClIN3S. The average molecular weight is 400 g/mol. The van der Waals surface area contributed by atoms with Crippen LogP contribution in [-0.2, 0) is 6.54 Å². The van der Waals surface area contributed by atoms with Crippen LogP contribution in [0.25, 0.3) is 0 Å². The zero-order chi connectivity index (χ0) is 12.5. The lowest BCUT2D eigenvalue weighted by atomic mass is 10.2. The minimum absolute atomic E-state index is 0. The molecule has 0 aliphatic carbocycles. The monoisotopic (exact) mass is 399 g/mol. The lowest BCUT2D eigenvalue weighted by molar-refractivity contribution is 0.833. The smallest absolute Gasteiger partial charge is 0.191 e. The zero-order valence-electron chi connectivity index (χ0n) is 10.6. The molecule has 1 rings (SSSR count). The Labute approximate surface area is 135 Å². The van der Waals surface area contributed by atoms with E-state index in [2.05, 4.69) is 21.9 Å². The first-order chi connectivity index (χ1) is 8.26. The van der Waals surface area contributed by atoms with Gasteiger partial charge in [0.15, 0.2) is 5.96 Å². The van der Waals surface area contributed by atoms with Crippen LogP contribution < -0.4 is 10.6 Å². The molecule has 0 unspecified atom stereocenters. The maximum atomic E-state index is 5.92. The lowest BCUT2D eigenvalue weighted by Gasteiger charge is -2.11. The van der Waals surface area contributed by atoms with Crippen molar-refractivity contribution in [3.05, 3.63) is 34.9 Å². The third-order valence-electron chi connectivity index (χ3n) is 2.17. The molecule has 2 N–H and O–H groups in total. The second-order valence-corrected chi connectivity index (χ2v) is 4.90. The van der Waals surface area contributed by atoms with E-state index in [1.807, 2.05) is 36.0 Å².